The molecule has 0 aromatic carbocycles. The topological polar surface area (TPSA) is 110 Å². The molecule has 0 fully saturated rings. The number of aromatic nitrogens is 2. The number of unbranched alkanes of at least 4 members (excludes halogenated alkanes) is 1. The maximum absolute atomic E-state index is 11.8. The van der Waals surface area contributed by atoms with E-state index in [1.54, 1.807) is 36.0 Å². The first kappa shape index (κ1) is 17.0. The molecule has 0 spiro atoms. The van der Waals surface area contributed by atoms with Crippen molar-refractivity contribution in [3.05, 3.63) is 41.7 Å². The third-order valence-electron chi connectivity index (χ3n) is 3.12. The number of nitrogens with one attached hydrogen (secondary N) is 2. The molecule has 0 aliphatic rings. The molecule has 2 aromatic heterocycles. The van der Waals surface area contributed by atoms with Crippen molar-refractivity contribution >= 4 is 28.3 Å². The molecule has 0 aliphatic carbocycles. The molecule has 23 heavy (non-hydrogen) atoms. The summed E-state index contributed by atoms with van der Waals surface area (Å²) >= 11 is 1.35. The first-order valence-electron chi connectivity index (χ1n) is 7.32. The third-order valence-corrected chi connectivity index (χ3v) is 3.81. The molecule has 0 radical (unpaired) electrons. The number of thiazole rings is 1. The van der Waals surface area contributed by atoms with Crippen LogP contribution in [0.4, 0.5) is 5.13 Å². The van der Waals surface area contributed by atoms with Crippen molar-refractivity contribution < 1.29 is 9.59 Å². The van der Waals surface area contributed by atoms with E-state index in [4.69, 9.17) is 5.73 Å². The van der Waals surface area contributed by atoms with Crippen molar-refractivity contribution in [2.24, 2.45) is 5.73 Å². The predicted molar refractivity (Wildman–Crippen MR) is 89.1 cm³/mol. The standard InChI is InChI=1S/C15H19N5O2S/c16-11(13(21)20-15-19-9-10-23-15)5-1-3-8-18-14(22)12-6-2-4-7-17-12/h2,4,6-7,9-11H,1,3,5,8,16H2,(H,18,22)(H,19,20,21)/t11-/m0/s1. The number of amides is 2. The van der Waals surface area contributed by atoms with Gasteiger partial charge in [0.25, 0.3) is 5.91 Å². The Morgan fingerprint density at radius 2 is 2.09 bits per heavy atom. The second-order valence-electron chi connectivity index (χ2n) is 4.90. The lowest BCUT2D eigenvalue weighted by Gasteiger charge is -2.10. The molecule has 0 aliphatic heterocycles. The minimum absolute atomic E-state index is 0.198. The molecule has 1 atom stereocenters. The maximum atomic E-state index is 11.8. The molecule has 0 unspecified atom stereocenters. The average molecular weight is 333 g/mol. The Balaban J connectivity index is 1.59. The van der Waals surface area contributed by atoms with Gasteiger partial charge < -0.3 is 16.4 Å². The summed E-state index contributed by atoms with van der Waals surface area (Å²) in [5.41, 5.74) is 6.23. The van der Waals surface area contributed by atoms with Gasteiger partial charge in [-0.3, -0.25) is 14.6 Å². The summed E-state index contributed by atoms with van der Waals surface area (Å²) in [7, 11) is 0. The number of hydrogen-bond donors (Lipinski definition) is 3. The second kappa shape index (κ2) is 8.96. The van der Waals surface area contributed by atoms with E-state index < -0.39 is 6.04 Å². The van der Waals surface area contributed by atoms with E-state index in [9.17, 15) is 9.59 Å². The summed E-state index contributed by atoms with van der Waals surface area (Å²) in [5, 5.41) is 7.79. The van der Waals surface area contributed by atoms with Crippen molar-refractivity contribution in [1.29, 1.82) is 0 Å². The van der Waals surface area contributed by atoms with Crippen LogP contribution in [0.5, 0.6) is 0 Å². The van der Waals surface area contributed by atoms with Crippen LogP contribution in [0.15, 0.2) is 36.0 Å². The van der Waals surface area contributed by atoms with Gasteiger partial charge in [0.15, 0.2) is 5.13 Å². The molecule has 2 rings (SSSR count). The fourth-order valence-electron chi connectivity index (χ4n) is 1.89. The molecule has 2 heterocycles. The average Bonchev–Trinajstić information content (AvgIpc) is 3.07. The second-order valence-corrected chi connectivity index (χ2v) is 5.79. The minimum atomic E-state index is -0.578. The number of carbonyl (C=O) groups is 2. The summed E-state index contributed by atoms with van der Waals surface area (Å²) in [6, 6.07) is 4.61. The highest BCUT2D eigenvalue weighted by molar-refractivity contribution is 7.13. The van der Waals surface area contributed by atoms with Gasteiger partial charge in [0, 0.05) is 24.3 Å². The fourth-order valence-corrected chi connectivity index (χ4v) is 2.43. The van der Waals surface area contributed by atoms with E-state index in [2.05, 4.69) is 20.6 Å². The smallest absolute Gasteiger partial charge is 0.269 e. The minimum Gasteiger partial charge on any atom is -0.351 e. The molecule has 2 aromatic rings. The molecule has 0 saturated carbocycles. The van der Waals surface area contributed by atoms with E-state index in [0.29, 0.717) is 23.8 Å². The lowest BCUT2D eigenvalue weighted by molar-refractivity contribution is -0.117. The Kier molecular flexibility index (Phi) is 6.64. The molecule has 7 nitrogen and oxygen atoms in total. The zero-order chi connectivity index (χ0) is 16.5. The Bertz CT molecular complexity index is 618. The Labute approximate surface area is 138 Å². The number of hydrogen-bond acceptors (Lipinski definition) is 6. The highest BCUT2D eigenvalue weighted by Gasteiger charge is 2.14. The van der Waals surface area contributed by atoms with Gasteiger partial charge in [-0.1, -0.05) is 6.07 Å². The van der Waals surface area contributed by atoms with Gasteiger partial charge in [-0.15, -0.1) is 11.3 Å². The number of carbonyl (C=O) groups excluding carboxylic acids is 2. The van der Waals surface area contributed by atoms with Crippen LogP contribution in [0, 0.1) is 0 Å². The Hall–Kier alpha value is -2.32. The molecule has 2 amide bonds. The lowest BCUT2D eigenvalue weighted by atomic mass is 10.1. The van der Waals surface area contributed by atoms with Crippen LogP contribution in [0.2, 0.25) is 0 Å². The van der Waals surface area contributed by atoms with Gasteiger partial charge in [-0.25, -0.2) is 4.98 Å². The largest absolute Gasteiger partial charge is 0.351 e. The van der Waals surface area contributed by atoms with Crippen LogP contribution in [-0.4, -0.2) is 34.4 Å². The normalized spacial score (nSPS) is 11.7. The molecule has 8 heteroatoms. The molecular formula is C15H19N5O2S. The van der Waals surface area contributed by atoms with Gasteiger partial charge in [0.1, 0.15) is 5.69 Å². The van der Waals surface area contributed by atoms with Crippen LogP contribution in [0.25, 0.3) is 0 Å². The van der Waals surface area contributed by atoms with E-state index in [0.717, 1.165) is 12.8 Å². The number of rotatable bonds is 8. The van der Waals surface area contributed by atoms with Gasteiger partial charge in [-0.2, -0.15) is 0 Å². The van der Waals surface area contributed by atoms with Gasteiger partial charge in [0.2, 0.25) is 5.91 Å². The lowest BCUT2D eigenvalue weighted by Crippen LogP contribution is -2.35. The van der Waals surface area contributed by atoms with E-state index in [1.165, 1.54) is 11.3 Å². The van der Waals surface area contributed by atoms with E-state index in [1.807, 2.05) is 0 Å². The first-order valence-corrected chi connectivity index (χ1v) is 8.20. The molecule has 4 N–H and O–H groups in total. The highest BCUT2D eigenvalue weighted by atomic mass is 32.1. The van der Waals surface area contributed by atoms with Crippen LogP contribution >= 0.6 is 11.3 Å². The summed E-state index contributed by atoms with van der Waals surface area (Å²) < 4.78 is 0. The van der Waals surface area contributed by atoms with Gasteiger partial charge >= 0.3 is 0 Å². The summed E-state index contributed by atoms with van der Waals surface area (Å²) in [6.45, 7) is 0.524. The van der Waals surface area contributed by atoms with E-state index in [-0.39, 0.29) is 11.8 Å². The zero-order valence-electron chi connectivity index (χ0n) is 12.6. The molecule has 0 saturated heterocycles. The quantitative estimate of drug-likeness (QED) is 0.633. The monoisotopic (exact) mass is 333 g/mol. The molecule has 0 bridgehead atoms. The van der Waals surface area contributed by atoms with Gasteiger partial charge in [0.05, 0.1) is 6.04 Å². The molecular weight excluding hydrogens is 314 g/mol. The number of nitrogens with zero attached hydrogens (tertiary/aromatic N) is 2. The fraction of sp³-hybridized carbons (Fsp3) is 0.333. The number of pyridine rings is 1. The highest BCUT2D eigenvalue weighted by Crippen LogP contribution is 2.11. The summed E-state index contributed by atoms with van der Waals surface area (Å²) in [6.07, 6.45) is 5.24. The predicted octanol–water partition coefficient (Wildman–Crippen LogP) is 1.40. The van der Waals surface area contributed by atoms with Crippen molar-refractivity contribution in [3.63, 3.8) is 0 Å². The molecule has 122 valence electrons. The zero-order valence-corrected chi connectivity index (χ0v) is 13.4. The first-order chi connectivity index (χ1) is 11.2. The van der Waals surface area contributed by atoms with Gasteiger partial charge in [-0.05, 0) is 31.4 Å². The Morgan fingerprint density at radius 1 is 1.22 bits per heavy atom. The van der Waals surface area contributed by atoms with Crippen molar-refractivity contribution in [2.75, 3.05) is 11.9 Å². The SMILES string of the molecule is N[C@@H](CCCCNC(=O)c1ccccn1)C(=O)Nc1nccs1. The van der Waals surface area contributed by atoms with Crippen LogP contribution in [0.3, 0.4) is 0 Å². The third kappa shape index (κ3) is 5.76. The van der Waals surface area contributed by atoms with Crippen LogP contribution in [0.1, 0.15) is 29.8 Å². The van der Waals surface area contributed by atoms with Crippen LogP contribution < -0.4 is 16.4 Å². The van der Waals surface area contributed by atoms with E-state index >= 15 is 0 Å². The van der Waals surface area contributed by atoms with Crippen molar-refractivity contribution in [3.8, 4) is 0 Å². The maximum Gasteiger partial charge on any atom is 0.269 e. The number of nitrogens with two attached hydrogens (primary N) is 1. The van der Waals surface area contributed by atoms with Crippen molar-refractivity contribution in [2.45, 2.75) is 25.3 Å². The Morgan fingerprint density at radius 3 is 2.78 bits per heavy atom. The number of anilines is 1. The summed E-state index contributed by atoms with van der Waals surface area (Å²) in [5.74, 6) is -0.436. The van der Waals surface area contributed by atoms with Crippen molar-refractivity contribution in [1.82, 2.24) is 15.3 Å². The van der Waals surface area contributed by atoms with Crippen LogP contribution in [-0.2, 0) is 4.79 Å². The summed E-state index contributed by atoms with van der Waals surface area (Å²) in [4.78, 5) is 31.5.